The number of para-hydroxylation sites is 1. The number of aromatic nitrogens is 5. The molecule has 4 aromatic rings. The van der Waals surface area contributed by atoms with Gasteiger partial charge in [-0.25, -0.2) is 9.36 Å². The van der Waals surface area contributed by atoms with Gasteiger partial charge in [0.1, 0.15) is 29.5 Å². The summed E-state index contributed by atoms with van der Waals surface area (Å²) >= 11 is 0. The Bertz CT molecular complexity index is 1800. The van der Waals surface area contributed by atoms with Crippen molar-refractivity contribution in [3.05, 3.63) is 73.8 Å². The number of allylic oxidation sites excluding steroid dienone is 2. The number of benzene rings is 1. The first-order valence-electron chi connectivity index (χ1n) is 13.0. The summed E-state index contributed by atoms with van der Waals surface area (Å²) < 4.78 is 5.15. The van der Waals surface area contributed by atoms with E-state index < -0.39 is 11.2 Å². The Morgan fingerprint density at radius 2 is 2.00 bits per heavy atom. The number of hydrogen-bond acceptors (Lipinski definition) is 7. The minimum atomic E-state index is -0.599. The highest BCUT2D eigenvalue weighted by Gasteiger charge is 2.31. The van der Waals surface area contributed by atoms with E-state index in [1.807, 2.05) is 48.8 Å². The van der Waals surface area contributed by atoms with Crippen molar-refractivity contribution in [2.24, 2.45) is 12.8 Å². The monoisotopic (exact) mass is 529 g/mol. The number of hydrogen-bond donors (Lipinski definition) is 2. The molecule has 11 heteroatoms. The first kappa shape index (κ1) is 26.2. The molecule has 3 N–H and O–H groups in total. The Balaban J connectivity index is 1.79. The number of aryl methyl sites for hydroxylation is 2. The summed E-state index contributed by atoms with van der Waals surface area (Å²) in [6, 6.07) is 9.57. The lowest BCUT2D eigenvalue weighted by Crippen LogP contribution is -2.46. The van der Waals surface area contributed by atoms with Crippen molar-refractivity contribution >= 4 is 27.8 Å². The number of nitrogens with two attached hydrogens (primary N) is 1. The summed E-state index contributed by atoms with van der Waals surface area (Å²) in [6.45, 7) is 7.03. The Morgan fingerprint density at radius 1 is 1.26 bits per heavy atom. The highest BCUT2D eigenvalue weighted by molar-refractivity contribution is 5.90. The van der Waals surface area contributed by atoms with Crippen molar-refractivity contribution in [3.8, 4) is 6.07 Å². The fraction of sp³-hybridized carbons (Fsp3) is 0.393. The van der Waals surface area contributed by atoms with Gasteiger partial charge in [0.2, 0.25) is 0 Å². The van der Waals surface area contributed by atoms with Crippen LogP contribution in [0.2, 0.25) is 0 Å². The third-order valence-corrected chi connectivity index (χ3v) is 7.47. The number of anilines is 1. The molecule has 4 heterocycles. The summed E-state index contributed by atoms with van der Waals surface area (Å²) in [6.07, 6.45) is 3.73. The second-order valence-corrected chi connectivity index (χ2v) is 10.4. The zero-order chi connectivity index (χ0) is 28.0. The molecule has 39 heavy (non-hydrogen) atoms. The molecule has 0 amide bonds. The van der Waals surface area contributed by atoms with E-state index in [0.29, 0.717) is 42.2 Å². The van der Waals surface area contributed by atoms with E-state index in [0.717, 1.165) is 33.1 Å². The average molecular weight is 530 g/mol. The number of nitrogens with zero attached hydrogens (tertiary/aromatic N) is 7. The van der Waals surface area contributed by atoms with Crippen LogP contribution in [-0.4, -0.2) is 43.0 Å². The van der Waals surface area contributed by atoms with Crippen LogP contribution >= 0.6 is 0 Å². The first-order valence-corrected chi connectivity index (χ1v) is 13.0. The SMILES string of the molecule is CC(C)=CCn1c(N2CCC[C@H](N)C2)c(C#N)c2c1c(=O)n(Cc1nc3ccccc3c(C)[n+]1O)c(=O)n2C. The standard InChI is InChI=1S/C28H33N8O3/c1-17(2)11-13-34-25-24(21(14-29)26(34)33-12-7-8-19(30)15-33)32(4)28(38)35(27(25)37)16-23-31-22-10-6-5-9-20(22)18(3)36(23)39/h5-6,9-11,19,39H,7-8,12-13,15-16,30H2,1-4H3/q+1/t19-/m0/s1. The minimum absolute atomic E-state index is 0.0529. The van der Waals surface area contributed by atoms with Gasteiger partial charge in [-0.15, -0.1) is 0 Å². The lowest BCUT2D eigenvalue weighted by molar-refractivity contribution is -0.914. The molecule has 202 valence electrons. The molecule has 11 nitrogen and oxygen atoms in total. The molecule has 0 saturated carbocycles. The summed E-state index contributed by atoms with van der Waals surface area (Å²) in [7, 11) is 1.56. The van der Waals surface area contributed by atoms with Gasteiger partial charge in [0, 0.05) is 39.6 Å². The van der Waals surface area contributed by atoms with Crippen molar-refractivity contribution in [3.63, 3.8) is 0 Å². The molecule has 5 rings (SSSR count). The second kappa shape index (κ2) is 10.0. The van der Waals surface area contributed by atoms with Crippen LogP contribution in [0.3, 0.4) is 0 Å². The molecule has 1 aliphatic rings. The number of nitriles is 1. The van der Waals surface area contributed by atoms with Crippen molar-refractivity contribution in [2.45, 2.75) is 52.7 Å². The van der Waals surface area contributed by atoms with Gasteiger partial charge >= 0.3 is 11.5 Å². The van der Waals surface area contributed by atoms with Gasteiger partial charge in [-0.2, -0.15) is 5.26 Å². The fourth-order valence-corrected chi connectivity index (χ4v) is 5.47. The Hall–Kier alpha value is -4.43. The van der Waals surface area contributed by atoms with Crippen molar-refractivity contribution in [2.75, 3.05) is 18.0 Å². The maximum Gasteiger partial charge on any atom is 0.357 e. The van der Waals surface area contributed by atoms with E-state index in [2.05, 4.69) is 16.0 Å². The number of fused-ring (bicyclic) bond motifs is 2. The van der Waals surface area contributed by atoms with Gasteiger partial charge in [-0.3, -0.25) is 9.36 Å². The van der Waals surface area contributed by atoms with Crippen LogP contribution in [-0.2, 0) is 20.1 Å². The molecule has 0 unspecified atom stereocenters. The lowest BCUT2D eigenvalue weighted by Gasteiger charge is -2.33. The molecule has 0 aliphatic carbocycles. The van der Waals surface area contributed by atoms with E-state index in [4.69, 9.17) is 5.73 Å². The predicted octanol–water partition coefficient (Wildman–Crippen LogP) is 1.70. The summed E-state index contributed by atoms with van der Waals surface area (Å²) in [4.78, 5) is 34.3. The van der Waals surface area contributed by atoms with Gasteiger partial charge in [0.15, 0.2) is 11.2 Å². The van der Waals surface area contributed by atoms with Crippen LogP contribution < -0.4 is 26.6 Å². The summed E-state index contributed by atoms with van der Waals surface area (Å²) in [5.74, 6) is 0.747. The molecule has 1 fully saturated rings. The highest BCUT2D eigenvalue weighted by Crippen LogP contribution is 2.32. The minimum Gasteiger partial charge on any atom is -0.355 e. The third kappa shape index (κ3) is 4.36. The smallest absolute Gasteiger partial charge is 0.355 e. The second-order valence-electron chi connectivity index (χ2n) is 10.4. The van der Waals surface area contributed by atoms with E-state index in [1.54, 1.807) is 14.0 Å². The molecule has 0 bridgehead atoms. The third-order valence-electron chi connectivity index (χ3n) is 7.47. The molecular weight excluding hydrogens is 496 g/mol. The van der Waals surface area contributed by atoms with Crippen molar-refractivity contribution < 1.29 is 9.94 Å². The largest absolute Gasteiger partial charge is 0.357 e. The van der Waals surface area contributed by atoms with Crippen LogP contribution in [0, 0.1) is 18.3 Å². The highest BCUT2D eigenvalue weighted by atomic mass is 16.5. The zero-order valence-electron chi connectivity index (χ0n) is 22.7. The molecule has 1 saturated heterocycles. The Morgan fingerprint density at radius 3 is 2.69 bits per heavy atom. The van der Waals surface area contributed by atoms with E-state index in [9.17, 15) is 20.1 Å². The topological polar surface area (TPSA) is 139 Å². The fourth-order valence-electron chi connectivity index (χ4n) is 5.47. The van der Waals surface area contributed by atoms with Gasteiger partial charge < -0.3 is 20.4 Å². The predicted molar refractivity (Wildman–Crippen MR) is 148 cm³/mol. The normalized spacial score (nSPS) is 15.6. The van der Waals surface area contributed by atoms with Crippen molar-refractivity contribution in [1.82, 2.24) is 18.7 Å². The van der Waals surface area contributed by atoms with Crippen LogP contribution in [0.15, 0.2) is 45.5 Å². The molecular formula is C28H33N8O3+. The molecule has 1 atom stereocenters. The van der Waals surface area contributed by atoms with E-state index in [-0.39, 0.29) is 29.5 Å². The lowest BCUT2D eigenvalue weighted by atomic mass is 10.1. The molecule has 0 spiro atoms. The Labute approximate surface area is 225 Å². The van der Waals surface area contributed by atoms with Crippen LogP contribution in [0.1, 0.15) is 43.8 Å². The van der Waals surface area contributed by atoms with Crippen LogP contribution in [0.4, 0.5) is 5.82 Å². The summed E-state index contributed by atoms with van der Waals surface area (Å²) in [5, 5.41) is 21.9. The maximum absolute atomic E-state index is 14.1. The van der Waals surface area contributed by atoms with Crippen molar-refractivity contribution in [1.29, 1.82) is 5.26 Å². The van der Waals surface area contributed by atoms with Gasteiger partial charge in [0.25, 0.3) is 5.56 Å². The molecule has 3 aromatic heterocycles. The van der Waals surface area contributed by atoms with Gasteiger partial charge in [-0.05, 0) is 48.5 Å². The molecule has 0 radical (unpaired) electrons. The molecule has 1 aliphatic heterocycles. The van der Waals surface area contributed by atoms with Crippen LogP contribution in [0.25, 0.3) is 21.9 Å². The van der Waals surface area contributed by atoms with Gasteiger partial charge in [0.05, 0.1) is 10.9 Å². The van der Waals surface area contributed by atoms with E-state index in [1.165, 1.54) is 4.57 Å². The number of piperidine rings is 1. The van der Waals surface area contributed by atoms with Crippen LogP contribution in [0.5, 0.6) is 0 Å². The molecule has 1 aromatic carbocycles. The first-order chi connectivity index (χ1) is 18.6. The Kier molecular flexibility index (Phi) is 6.74. The quantitative estimate of drug-likeness (QED) is 0.228. The summed E-state index contributed by atoms with van der Waals surface area (Å²) in [5.41, 5.74) is 8.20. The average Bonchev–Trinajstić information content (AvgIpc) is 3.25. The number of rotatable bonds is 5. The van der Waals surface area contributed by atoms with Gasteiger partial charge in [-0.1, -0.05) is 23.8 Å². The maximum atomic E-state index is 14.1. The zero-order valence-corrected chi connectivity index (χ0v) is 22.7. The van der Waals surface area contributed by atoms with E-state index >= 15 is 0 Å².